The molecular weight excluding hydrogens is 282 g/mol. The Bertz CT molecular complexity index is 649. The van der Waals surface area contributed by atoms with Crippen LogP contribution in [0.5, 0.6) is 0 Å². The van der Waals surface area contributed by atoms with Crippen molar-refractivity contribution >= 4 is 22.9 Å². The molecule has 0 fully saturated rings. The molecule has 0 aliphatic carbocycles. The standard InChI is InChI=1S/C16H17N3OS/c1-18(2)16(20)19-11-13(15-17-8-9-21-15)10-14(19)12-6-4-3-5-7-12/h3-10,14H,11H2,1-2H3/t14-/m0/s1. The molecule has 1 aromatic heterocycles. The van der Waals surface area contributed by atoms with Gasteiger partial charge in [-0.15, -0.1) is 11.3 Å². The number of benzene rings is 1. The molecule has 4 nitrogen and oxygen atoms in total. The number of nitrogens with zero attached hydrogens (tertiary/aromatic N) is 3. The quantitative estimate of drug-likeness (QED) is 0.853. The van der Waals surface area contributed by atoms with Gasteiger partial charge in [0.1, 0.15) is 5.01 Å². The summed E-state index contributed by atoms with van der Waals surface area (Å²) < 4.78 is 0. The van der Waals surface area contributed by atoms with Gasteiger partial charge in [-0.25, -0.2) is 9.78 Å². The van der Waals surface area contributed by atoms with Gasteiger partial charge in [0.05, 0.1) is 12.6 Å². The lowest BCUT2D eigenvalue weighted by Crippen LogP contribution is -2.39. The van der Waals surface area contributed by atoms with E-state index in [1.54, 1.807) is 36.5 Å². The first-order chi connectivity index (χ1) is 10.2. The van der Waals surface area contributed by atoms with Gasteiger partial charge in [-0.1, -0.05) is 30.3 Å². The molecule has 0 radical (unpaired) electrons. The first-order valence-corrected chi connectivity index (χ1v) is 7.68. The molecule has 2 amide bonds. The Morgan fingerprint density at radius 1 is 1.33 bits per heavy atom. The maximum Gasteiger partial charge on any atom is 0.320 e. The van der Waals surface area contributed by atoms with Crippen molar-refractivity contribution in [2.75, 3.05) is 20.6 Å². The maximum absolute atomic E-state index is 12.4. The highest BCUT2D eigenvalue weighted by atomic mass is 32.1. The average molecular weight is 299 g/mol. The van der Waals surface area contributed by atoms with E-state index in [0.717, 1.165) is 16.1 Å². The monoisotopic (exact) mass is 299 g/mol. The fourth-order valence-electron chi connectivity index (χ4n) is 2.51. The number of carbonyl (C=O) groups is 1. The molecule has 0 N–H and O–H groups in total. The van der Waals surface area contributed by atoms with E-state index >= 15 is 0 Å². The van der Waals surface area contributed by atoms with E-state index in [9.17, 15) is 4.79 Å². The Hall–Kier alpha value is -2.14. The molecule has 1 aromatic carbocycles. The molecule has 0 spiro atoms. The predicted octanol–water partition coefficient (Wildman–Crippen LogP) is 3.27. The summed E-state index contributed by atoms with van der Waals surface area (Å²) in [4.78, 5) is 20.3. The summed E-state index contributed by atoms with van der Waals surface area (Å²) in [6.45, 7) is 0.601. The highest BCUT2D eigenvalue weighted by Crippen LogP contribution is 2.35. The van der Waals surface area contributed by atoms with E-state index in [0.29, 0.717) is 6.54 Å². The number of thiazole rings is 1. The van der Waals surface area contributed by atoms with Crippen molar-refractivity contribution in [3.8, 4) is 0 Å². The third kappa shape index (κ3) is 2.69. The first kappa shape index (κ1) is 13.8. The topological polar surface area (TPSA) is 36.4 Å². The van der Waals surface area contributed by atoms with E-state index in [1.807, 2.05) is 28.5 Å². The number of aromatic nitrogens is 1. The van der Waals surface area contributed by atoms with Crippen LogP contribution in [-0.2, 0) is 0 Å². The van der Waals surface area contributed by atoms with Crippen LogP contribution in [0.25, 0.3) is 5.57 Å². The lowest BCUT2D eigenvalue weighted by molar-refractivity contribution is 0.170. The minimum absolute atomic E-state index is 0.0201. The summed E-state index contributed by atoms with van der Waals surface area (Å²) in [7, 11) is 3.57. The summed E-state index contributed by atoms with van der Waals surface area (Å²) in [5, 5.41) is 2.95. The number of urea groups is 1. The van der Waals surface area contributed by atoms with Crippen LogP contribution in [-0.4, -0.2) is 41.5 Å². The molecule has 108 valence electrons. The van der Waals surface area contributed by atoms with Crippen molar-refractivity contribution in [3.63, 3.8) is 0 Å². The fourth-order valence-corrected chi connectivity index (χ4v) is 3.16. The zero-order valence-electron chi connectivity index (χ0n) is 12.1. The van der Waals surface area contributed by atoms with Crippen molar-refractivity contribution in [2.24, 2.45) is 0 Å². The minimum Gasteiger partial charge on any atom is -0.331 e. The van der Waals surface area contributed by atoms with Gasteiger partial charge in [-0.05, 0) is 11.6 Å². The largest absolute Gasteiger partial charge is 0.331 e. The normalized spacial score (nSPS) is 17.7. The first-order valence-electron chi connectivity index (χ1n) is 6.80. The Kier molecular flexibility index (Phi) is 3.75. The van der Waals surface area contributed by atoms with Crippen LogP contribution in [0.4, 0.5) is 4.79 Å². The second-order valence-corrected chi connectivity index (χ2v) is 6.08. The molecule has 0 bridgehead atoms. The molecular formula is C16H17N3OS. The Morgan fingerprint density at radius 3 is 2.71 bits per heavy atom. The number of carbonyl (C=O) groups excluding carboxylic acids is 1. The third-order valence-electron chi connectivity index (χ3n) is 3.51. The van der Waals surface area contributed by atoms with E-state index < -0.39 is 0 Å². The molecule has 5 heteroatoms. The van der Waals surface area contributed by atoms with Gasteiger partial charge >= 0.3 is 6.03 Å². The van der Waals surface area contributed by atoms with E-state index in [2.05, 4.69) is 23.2 Å². The van der Waals surface area contributed by atoms with Gasteiger partial charge < -0.3 is 9.80 Å². The lowest BCUT2D eigenvalue weighted by atomic mass is 10.1. The molecule has 0 unspecified atom stereocenters. The average Bonchev–Trinajstić information content (AvgIpc) is 3.16. The van der Waals surface area contributed by atoms with Crippen molar-refractivity contribution in [2.45, 2.75) is 6.04 Å². The van der Waals surface area contributed by atoms with Gasteiger partial charge in [-0.2, -0.15) is 0 Å². The zero-order valence-corrected chi connectivity index (χ0v) is 12.9. The third-order valence-corrected chi connectivity index (χ3v) is 4.36. The van der Waals surface area contributed by atoms with Gasteiger partial charge in [0.15, 0.2) is 0 Å². The number of amides is 2. The van der Waals surface area contributed by atoms with Crippen molar-refractivity contribution in [3.05, 3.63) is 58.6 Å². The van der Waals surface area contributed by atoms with Crippen LogP contribution in [0, 0.1) is 0 Å². The molecule has 1 aliphatic heterocycles. The van der Waals surface area contributed by atoms with Gasteiger partial charge in [0, 0.05) is 31.2 Å². The minimum atomic E-state index is -0.0278. The van der Waals surface area contributed by atoms with Crippen molar-refractivity contribution < 1.29 is 4.79 Å². The Balaban J connectivity index is 1.96. The Labute approximate surface area is 128 Å². The highest BCUT2D eigenvalue weighted by molar-refractivity contribution is 7.10. The van der Waals surface area contributed by atoms with Crippen LogP contribution in [0.1, 0.15) is 16.6 Å². The smallest absolute Gasteiger partial charge is 0.320 e. The molecule has 3 rings (SSSR count). The lowest BCUT2D eigenvalue weighted by Gasteiger charge is -2.28. The number of hydrogen-bond acceptors (Lipinski definition) is 3. The maximum atomic E-state index is 12.4. The molecule has 1 atom stereocenters. The van der Waals surface area contributed by atoms with Crippen molar-refractivity contribution in [1.29, 1.82) is 0 Å². The van der Waals surface area contributed by atoms with Crippen molar-refractivity contribution in [1.82, 2.24) is 14.8 Å². The van der Waals surface area contributed by atoms with Crippen LogP contribution < -0.4 is 0 Å². The fraction of sp³-hybridized carbons (Fsp3) is 0.250. The summed E-state index contributed by atoms with van der Waals surface area (Å²) >= 11 is 1.61. The van der Waals surface area contributed by atoms with Crippen LogP contribution in [0.15, 0.2) is 48.0 Å². The molecule has 2 heterocycles. The summed E-state index contributed by atoms with van der Waals surface area (Å²) in [5.41, 5.74) is 2.24. The number of rotatable bonds is 2. The second kappa shape index (κ2) is 5.69. The van der Waals surface area contributed by atoms with E-state index in [1.165, 1.54) is 0 Å². The summed E-state index contributed by atoms with van der Waals surface area (Å²) in [6, 6.07) is 10.1. The van der Waals surface area contributed by atoms with Crippen LogP contribution >= 0.6 is 11.3 Å². The van der Waals surface area contributed by atoms with E-state index in [4.69, 9.17) is 0 Å². The zero-order chi connectivity index (χ0) is 14.8. The van der Waals surface area contributed by atoms with Crippen LogP contribution in [0.2, 0.25) is 0 Å². The molecule has 21 heavy (non-hydrogen) atoms. The molecule has 2 aromatic rings. The Morgan fingerprint density at radius 2 is 2.10 bits per heavy atom. The van der Waals surface area contributed by atoms with Crippen LogP contribution in [0.3, 0.4) is 0 Å². The summed E-state index contributed by atoms with van der Waals surface area (Å²) in [6.07, 6.45) is 3.95. The predicted molar refractivity (Wildman–Crippen MR) is 85.1 cm³/mol. The highest BCUT2D eigenvalue weighted by Gasteiger charge is 2.32. The summed E-state index contributed by atoms with van der Waals surface area (Å²) in [5.74, 6) is 0. The molecule has 0 saturated heterocycles. The molecule has 1 aliphatic rings. The SMILES string of the molecule is CN(C)C(=O)N1CC(c2nccs2)=C[C@H]1c1ccccc1. The van der Waals surface area contributed by atoms with E-state index in [-0.39, 0.29) is 12.1 Å². The second-order valence-electron chi connectivity index (χ2n) is 5.19. The van der Waals surface area contributed by atoms with Gasteiger partial charge in [0.2, 0.25) is 0 Å². The van der Waals surface area contributed by atoms with Gasteiger partial charge in [0.25, 0.3) is 0 Å². The van der Waals surface area contributed by atoms with Gasteiger partial charge in [-0.3, -0.25) is 0 Å². The number of hydrogen-bond donors (Lipinski definition) is 0. The molecule has 0 saturated carbocycles.